The maximum Gasteiger partial charge on any atom is 0.144 e. The van der Waals surface area contributed by atoms with Gasteiger partial charge in [-0.3, -0.25) is 0 Å². The Labute approximate surface area is 102 Å². The van der Waals surface area contributed by atoms with Gasteiger partial charge < -0.3 is 11.1 Å². The normalized spacial score (nSPS) is 24.0. The summed E-state index contributed by atoms with van der Waals surface area (Å²) in [4.78, 5) is 4.21. The monoisotopic (exact) mass is 230 g/mol. The average molecular weight is 230 g/mol. The summed E-state index contributed by atoms with van der Waals surface area (Å²) in [6, 6.07) is 4.23. The first-order valence-electron chi connectivity index (χ1n) is 6.11. The van der Waals surface area contributed by atoms with Gasteiger partial charge in [-0.1, -0.05) is 19.8 Å². The van der Waals surface area contributed by atoms with E-state index in [1.54, 1.807) is 12.3 Å². The Hall–Kier alpha value is -1.76. The van der Waals surface area contributed by atoms with Crippen LogP contribution in [0.1, 0.15) is 38.2 Å². The number of nitrogens with zero attached hydrogens (tertiary/aromatic N) is 2. The average Bonchev–Trinajstić information content (AvgIpc) is 2.31. The molecule has 1 aromatic rings. The predicted octanol–water partition coefficient (Wildman–Crippen LogP) is 2.53. The zero-order valence-corrected chi connectivity index (χ0v) is 10.1. The SMILES string of the molecule is CC1CCCC(Nc2ncc(N)cc2C#N)C1. The molecule has 2 unspecified atom stereocenters. The van der Waals surface area contributed by atoms with Crippen LogP contribution < -0.4 is 11.1 Å². The quantitative estimate of drug-likeness (QED) is 0.818. The molecule has 2 rings (SSSR count). The van der Waals surface area contributed by atoms with E-state index in [1.165, 1.54) is 12.8 Å². The molecule has 1 aliphatic rings. The van der Waals surface area contributed by atoms with Gasteiger partial charge in [0.05, 0.1) is 17.4 Å². The van der Waals surface area contributed by atoms with Crippen molar-refractivity contribution in [1.29, 1.82) is 5.26 Å². The lowest BCUT2D eigenvalue weighted by Crippen LogP contribution is -2.27. The van der Waals surface area contributed by atoms with Gasteiger partial charge in [0.25, 0.3) is 0 Å². The highest BCUT2D eigenvalue weighted by Gasteiger charge is 2.19. The third-order valence-corrected chi connectivity index (χ3v) is 3.31. The molecule has 1 aromatic heterocycles. The van der Waals surface area contributed by atoms with Crippen molar-refractivity contribution in [1.82, 2.24) is 4.98 Å². The van der Waals surface area contributed by atoms with E-state index in [2.05, 4.69) is 23.3 Å². The van der Waals surface area contributed by atoms with E-state index in [-0.39, 0.29) is 0 Å². The largest absolute Gasteiger partial charge is 0.397 e. The van der Waals surface area contributed by atoms with E-state index in [1.807, 2.05) is 0 Å². The third-order valence-electron chi connectivity index (χ3n) is 3.31. The molecule has 4 nitrogen and oxygen atoms in total. The summed E-state index contributed by atoms with van der Waals surface area (Å²) in [6.45, 7) is 2.27. The molecule has 3 N–H and O–H groups in total. The molecule has 0 radical (unpaired) electrons. The van der Waals surface area contributed by atoms with Crippen molar-refractivity contribution in [3.8, 4) is 6.07 Å². The number of anilines is 2. The minimum atomic E-state index is 0.432. The van der Waals surface area contributed by atoms with Crippen LogP contribution in [0.4, 0.5) is 11.5 Å². The van der Waals surface area contributed by atoms with Gasteiger partial charge in [-0.05, 0) is 24.8 Å². The second-order valence-electron chi connectivity index (χ2n) is 4.89. The van der Waals surface area contributed by atoms with Gasteiger partial charge >= 0.3 is 0 Å². The lowest BCUT2D eigenvalue weighted by Gasteiger charge is -2.28. The van der Waals surface area contributed by atoms with Gasteiger partial charge in [-0.15, -0.1) is 0 Å². The summed E-state index contributed by atoms with van der Waals surface area (Å²) in [6.07, 6.45) is 6.45. The fourth-order valence-corrected chi connectivity index (χ4v) is 2.44. The second-order valence-corrected chi connectivity index (χ2v) is 4.89. The number of pyridine rings is 1. The molecule has 1 fully saturated rings. The molecule has 2 atom stereocenters. The lowest BCUT2D eigenvalue weighted by atomic mass is 9.87. The molecule has 0 amide bonds. The maximum atomic E-state index is 9.04. The molecule has 17 heavy (non-hydrogen) atoms. The molecule has 1 aliphatic carbocycles. The summed E-state index contributed by atoms with van der Waals surface area (Å²) < 4.78 is 0. The fourth-order valence-electron chi connectivity index (χ4n) is 2.44. The second kappa shape index (κ2) is 5.05. The summed E-state index contributed by atoms with van der Waals surface area (Å²) in [5, 5.41) is 12.4. The smallest absolute Gasteiger partial charge is 0.144 e. The van der Waals surface area contributed by atoms with E-state index in [0.717, 1.165) is 18.8 Å². The molecule has 0 bridgehead atoms. The molecular weight excluding hydrogens is 212 g/mol. The van der Waals surface area contributed by atoms with E-state index in [4.69, 9.17) is 11.0 Å². The summed E-state index contributed by atoms with van der Waals surface area (Å²) in [5.74, 6) is 1.42. The summed E-state index contributed by atoms with van der Waals surface area (Å²) in [7, 11) is 0. The Kier molecular flexibility index (Phi) is 3.48. The lowest BCUT2D eigenvalue weighted by molar-refractivity contribution is 0.358. The highest BCUT2D eigenvalue weighted by Crippen LogP contribution is 2.26. The van der Waals surface area contributed by atoms with Gasteiger partial charge in [0, 0.05) is 6.04 Å². The molecule has 0 saturated heterocycles. The Morgan fingerprint density at radius 1 is 1.53 bits per heavy atom. The zero-order valence-electron chi connectivity index (χ0n) is 10.1. The summed E-state index contributed by atoms with van der Waals surface area (Å²) >= 11 is 0. The van der Waals surface area contributed by atoms with Gasteiger partial charge in [0.15, 0.2) is 0 Å². The van der Waals surface area contributed by atoms with Gasteiger partial charge in [0.2, 0.25) is 0 Å². The molecule has 0 aliphatic heterocycles. The molecule has 0 spiro atoms. The number of nitriles is 1. The van der Waals surface area contributed by atoms with Crippen LogP contribution in [0.2, 0.25) is 0 Å². The number of nitrogens with one attached hydrogen (secondary N) is 1. The van der Waals surface area contributed by atoms with Crippen LogP contribution in [0.3, 0.4) is 0 Å². The number of hydrogen-bond acceptors (Lipinski definition) is 4. The highest BCUT2D eigenvalue weighted by atomic mass is 15.0. The number of nitrogen functional groups attached to an aromatic ring is 1. The standard InChI is InChI=1S/C13H18N4/c1-9-3-2-4-12(5-9)17-13-10(7-14)6-11(15)8-16-13/h6,8-9,12H,2-5,15H2,1H3,(H,16,17). The van der Waals surface area contributed by atoms with Crippen molar-refractivity contribution in [2.24, 2.45) is 5.92 Å². The number of nitrogens with two attached hydrogens (primary N) is 1. The Morgan fingerprint density at radius 3 is 3.06 bits per heavy atom. The van der Waals surface area contributed by atoms with Crippen molar-refractivity contribution in [2.75, 3.05) is 11.1 Å². The summed E-state index contributed by atoms with van der Waals surface area (Å²) in [5.41, 5.74) is 6.68. The van der Waals surface area contributed by atoms with Crippen LogP contribution >= 0.6 is 0 Å². The van der Waals surface area contributed by atoms with Crippen molar-refractivity contribution >= 4 is 11.5 Å². The van der Waals surface area contributed by atoms with Crippen molar-refractivity contribution in [2.45, 2.75) is 38.6 Å². The van der Waals surface area contributed by atoms with E-state index in [0.29, 0.717) is 23.1 Å². The van der Waals surface area contributed by atoms with Crippen LogP contribution in [-0.4, -0.2) is 11.0 Å². The molecule has 90 valence electrons. The first-order chi connectivity index (χ1) is 8.19. The van der Waals surface area contributed by atoms with E-state index in [9.17, 15) is 0 Å². The zero-order chi connectivity index (χ0) is 12.3. The molecule has 0 aromatic carbocycles. The van der Waals surface area contributed by atoms with Crippen LogP contribution in [0.15, 0.2) is 12.3 Å². The fraction of sp³-hybridized carbons (Fsp3) is 0.538. The number of hydrogen-bond donors (Lipinski definition) is 2. The Balaban J connectivity index is 2.10. The Morgan fingerprint density at radius 2 is 2.35 bits per heavy atom. The molecule has 1 saturated carbocycles. The predicted molar refractivity (Wildman–Crippen MR) is 68.4 cm³/mol. The topological polar surface area (TPSA) is 74.7 Å². The van der Waals surface area contributed by atoms with E-state index < -0.39 is 0 Å². The van der Waals surface area contributed by atoms with Crippen LogP contribution in [0, 0.1) is 17.2 Å². The van der Waals surface area contributed by atoms with Gasteiger partial charge in [-0.25, -0.2) is 4.98 Å². The van der Waals surface area contributed by atoms with Crippen LogP contribution in [0.25, 0.3) is 0 Å². The molecule has 4 heteroatoms. The number of rotatable bonds is 2. The minimum Gasteiger partial charge on any atom is -0.397 e. The first kappa shape index (κ1) is 11.7. The van der Waals surface area contributed by atoms with Crippen molar-refractivity contribution in [3.63, 3.8) is 0 Å². The van der Waals surface area contributed by atoms with Crippen LogP contribution in [-0.2, 0) is 0 Å². The maximum absolute atomic E-state index is 9.04. The molecule has 1 heterocycles. The minimum absolute atomic E-state index is 0.432. The Bertz CT molecular complexity index is 436. The highest BCUT2D eigenvalue weighted by molar-refractivity contribution is 5.57. The first-order valence-corrected chi connectivity index (χ1v) is 6.11. The third kappa shape index (κ3) is 2.88. The molecular formula is C13H18N4. The van der Waals surface area contributed by atoms with E-state index >= 15 is 0 Å². The van der Waals surface area contributed by atoms with Crippen molar-refractivity contribution in [3.05, 3.63) is 17.8 Å². The van der Waals surface area contributed by atoms with Crippen molar-refractivity contribution < 1.29 is 0 Å². The van der Waals surface area contributed by atoms with Gasteiger partial charge in [-0.2, -0.15) is 5.26 Å². The van der Waals surface area contributed by atoms with Crippen LogP contribution in [0.5, 0.6) is 0 Å². The van der Waals surface area contributed by atoms with Gasteiger partial charge in [0.1, 0.15) is 11.9 Å². The number of aromatic nitrogens is 1.